The van der Waals surface area contributed by atoms with Crippen LogP contribution in [0.5, 0.6) is 0 Å². The number of hydrogen-bond donors (Lipinski definition) is 1. The Labute approximate surface area is 216 Å². The molecule has 2 atom stereocenters. The van der Waals surface area contributed by atoms with Gasteiger partial charge in [-0.1, -0.05) is 78.9 Å². The van der Waals surface area contributed by atoms with Crippen LogP contribution in [0.1, 0.15) is 35.4 Å². The fraction of sp³-hybridized carbons (Fsp3) is 0.300. The van der Waals surface area contributed by atoms with E-state index in [1.54, 1.807) is 0 Å². The van der Waals surface area contributed by atoms with Gasteiger partial charge >= 0.3 is 12.1 Å². The van der Waals surface area contributed by atoms with Crippen LogP contribution in [0.15, 0.2) is 78.9 Å². The van der Waals surface area contributed by atoms with E-state index in [1.807, 2.05) is 54.6 Å². The average Bonchev–Trinajstić information content (AvgIpc) is 3.55. The van der Waals surface area contributed by atoms with Crippen LogP contribution < -0.4 is 5.32 Å². The number of carbonyl (C=O) groups excluding carboxylic acids is 3. The van der Waals surface area contributed by atoms with Crippen molar-refractivity contribution in [3.8, 4) is 11.1 Å². The lowest BCUT2D eigenvalue weighted by atomic mass is 9.98. The molecule has 7 nitrogen and oxygen atoms in total. The normalized spacial score (nSPS) is 17.0. The van der Waals surface area contributed by atoms with Gasteiger partial charge in [-0.15, -0.1) is 0 Å². The smallest absolute Gasteiger partial charge is 0.410 e. The zero-order valence-electron chi connectivity index (χ0n) is 20.8. The quantitative estimate of drug-likeness (QED) is 0.491. The molecule has 0 unspecified atom stereocenters. The minimum absolute atomic E-state index is 0.0548. The Morgan fingerprint density at radius 1 is 0.919 bits per heavy atom. The number of likely N-dealkylation sites (tertiary alicyclic amines) is 1. The second kappa shape index (κ2) is 10.9. The highest BCUT2D eigenvalue weighted by Gasteiger charge is 2.38. The van der Waals surface area contributed by atoms with Gasteiger partial charge in [0.15, 0.2) is 0 Å². The number of benzene rings is 3. The summed E-state index contributed by atoms with van der Waals surface area (Å²) in [6, 6.07) is 24.2. The highest BCUT2D eigenvalue weighted by molar-refractivity contribution is 5.90. The first-order valence-corrected chi connectivity index (χ1v) is 12.6. The fourth-order valence-electron chi connectivity index (χ4n) is 5.39. The van der Waals surface area contributed by atoms with Gasteiger partial charge in [0, 0.05) is 18.9 Å². The largest absolute Gasteiger partial charge is 0.467 e. The monoisotopic (exact) mass is 498 g/mol. The van der Waals surface area contributed by atoms with Crippen LogP contribution in [0.25, 0.3) is 11.1 Å². The number of nitrogens with one attached hydrogen (secondary N) is 1. The second-order valence-corrected chi connectivity index (χ2v) is 9.43. The molecule has 37 heavy (non-hydrogen) atoms. The molecule has 2 aliphatic rings. The first-order valence-electron chi connectivity index (χ1n) is 12.6. The minimum atomic E-state index is -0.843. The summed E-state index contributed by atoms with van der Waals surface area (Å²) >= 11 is 0. The van der Waals surface area contributed by atoms with E-state index in [2.05, 4.69) is 29.6 Å². The zero-order valence-corrected chi connectivity index (χ0v) is 20.8. The van der Waals surface area contributed by atoms with Crippen LogP contribution in [-0.4, -0.2) is 55.2 Å². The molecule has 1 aliphatic heterocycles. The number of amides is 2. The lowest BCUT2D eigenvalue weighted by Crippen LogP contribution is -2.52. The first kappa shape index (κ1) is 24.6. The van der Waals surface area contributed by atoms with E-state index in [0.29, 0.717) is 25.8 Å². The Hall–Kier alpha value is -4.13. The van der Waals surface area contributed by atoms with Gasteiger partial charge in [0.2, 0.25) is 5.91 Å². The summed E-state index contributed by atoms with van der Waals surface area (Å²) in [6.45, 7) is 0.618. The number of fused-ring (bicyclic) bond motifs is 3. The molecule has 0 aromatic heterocycles. The molecular formula is C30H30N2O5. The summed E-state index contributed by atoms with van der Waals surface area (Å²) in [5, 5.41) is 2.80. The standard InChI is InChI=1S/C30H30N2O5/c1-36-29(34)26(18-20-10-3-2-4-11-20)31-28(33)27-16-9-17-32(27)30(35)37-19-25-23-14-7-5-12-21(23)22-13-6-8-15-24(22)25/h2-8,10-15,25-27H,9,16-19H2,1H3,(H,31,33)/t26-,27-/m0/s1. The van der Waals surface area contributed by atoms with E-state index in [1.165, 1.54) is 12.0 Å². The fourth-order valence-corrected chi connectivity index (χ4v) is 5.39. The predicted molar refractivity (Wildman–Crippen MR) is 139 cm³/mol. The van der Waals surface area contributed by atoms with Crippen LogP contribution in [0.3, 0.4) is 0 Å². The Kier molecular flexibility index (Phi) is 7.21. The summed E-state index contributed by atoms with van der Waals surface area (Å²) in [5.74, 6) is -0.957. The molecule has 1 aliphatic carbocycles. The molecule has 7 heteroatoms. The van der Waals surface area contributed by atoms with E-state index >= 15 is 0 Å². The number of nitrogens with zero attached hydrogens (tertiary/aromatic N) is 1. The second-order valence-electron chi connectivity index (χ2n) is 9.43. The van der Waals surface area contributed by atoms with Crippen molar-refractivity contribution in [1.82, 2.24) is 10.2 Å². The zero-order chi connectivity index (χ0) is 25.8. The topological polar surface area (TPSA) is 84.9 Å². The van der Waals surface area contributed by atoms with Crippen molar-refractivity contribution in [2.24, 2.45) is 0 Å². The summed E-state index contributed by atoms with van der Waals surface area (Å²) < 4.78 is 10.7. The minimum Gasteiger partial charge on any atom is -0.467 e. The van der Waals surface area contributed by atoms with Gasteiger partial charge in [0.1, 0.15) is 18.7 Å². The van der Waals surface area contributed by atoms with Crippen molar-refractivity contribution in [3.63, 3.8) is 0 Å². The van der Waals surface area contributed by atoms with Gasteiger partial charge < -0.3 is 14.8 Å². The molecular weight excluding hydrogens is 468 g/mol. The van der Waals surface area contributed by atoms with Crippen LogP contribution >= 0.6 is 0 Å². The number of rotatable bonds is 7. The molecule has 190 valence electrons. The van der Waals surface area contributed by atoms with Crippen molar-refractivity contribution >= 4 is 18.0 Å². The maximum Gasteiger partial charge on any atom is 0.410 e. The Balaban J connectivity index is 1.25. The van der Waals surface area contributed by atoms with E-state index in [9.17, 15) is 14.4 Å². The summed E-state index contributed by atoms with van der Waals surface area (Å²) in [5.41, 5.74) is 5.48. The van der Waals surface area contributed by atoms with Gasteiger partial charge in [-0.25, -0.2) is 9.59 Å². The average molecular weight is 499 g/mol. The lowest BCUT2D eigenvalue weighted by Gasteiger charge is -2.26. The third-order valence-electron chi connectivity index (χ3n) is 7.21. The number of carbonyl (C=O) groups is 3. The molecule has 0 spiro atoms. The Morgan fingerprint density at radius 3 is 2.19 bits per heavy atom. The molecule has 2 amide bonds. The third kappa shape index (κ3) is 5.07. The molecule has 1 saturated heterocycles. The molecule has 1 N–H and O–H groups in total. The van der Waals surface area contributed by atoms with E-state index in [0.717, 1.165) is 27.8 Å². The van der Waals surface area contributed by atoms with Crippen LogP contribution in [-0.2, 0) is 25.5 Å². The summed E-state index contributed by atoms with van der Waals surface area (Å²) in [6.07, 6.45) is 0.980. The van der Waals surface area contributed by atoms with Crippen molar-refractivity contribution < 1.29 is 23.9 Å². The van der Waals surface area contributed by atoms with Gasteiger partial charge in [-0.3, -0.25) is 9.69 Å². The Bertz CT molecular complexity index is 1250. The molecule has 5 rings (SSSR count). The van der Waals surface area contributed by atoms with Gasteiger partial charge in [0.05, 0.1) is 7.11 Å². The Morgan fingerprint density at radius 2 is 1.54 bits per heavy atom. The van der Waals surface area contributed by atoms with Crippen molar-refractivity contribution in [3.05, 3.63) is 95.6 Å². The van der Waals surface area contributed by atoms with Crippen LogP contribution in [0.4, 0.5) is 4.79 Å². The van der Waals surface area contributed by atoms with Crippen LogP contribution in [0.2, 0.25) is 0 Å². The van der Waals surface area contributed by atoms with Gasteiger partial charge in [-0.05, 0) is 40.7 Å². The highest BCUT2D eigenvalue weighted by atomic mass is 16.6. The molecule has 1 heterocycles. The van der Waals surface area contributed by atoms with Crippen molar-refractivity contribution in [1.29, 1.82) is 0 Å². The molecule has 0 radical (unpaired) electrons. The molecule has 1 fully saturated rings. The molecule has 3 aromatic carbocycles. The number of methoxy groups -OCH3 is 1. The van der Waals surface area contributed by atoms with Crippen LogP contribution in [0, 0.1) is 0 Å². The van der Waals surface area contributed by atoms with Gasteiger partial charge in [0.25, 0.3) is 0 Å². The lowest BCUT2D eigenvalue weighted by molar-refractivity contribution is -0.145. The summed E-state index contributed by atoms with van der Waals surface area (Å²) in [7, 11) is 1.30. The highest BCUT2D eigenvalue weighted by Crippen LogP contribution is 2.44. The number of hydrogen-bond acceptors (Lipinski definition) is 5. The van der Waals surface area contributed by atoms with E-state index < -0.39 is 24.1 Å². The van der Waals surface area contributed by atoms with Gasteiger partial charge in [-0.2, -0.15) is 0 Å². The van der Waals surface area contributed by atoms with Crippen molar-refractivity contribution in [2.75, 3.05) is 20.3 Å². The maximum absolute atomic E-state index is 13.2. The predicted octanol–water partition coefficient (Wildman–Crippen LogP) is 4.30. The third-order valence-corrected chi connectivity index (χ3v) is 7.21. The SMILES string of the molecule is COC(=O)[C@H](Cc1ccccc1)NC(=O)[C@@H]1CCCN1C(=O)OCC1c2ccccc2-c2ccccc21. The maximum atomic E-state index is 13.2. The number of ether oxygens (including phenoxy) is 2. The van der Waals surface area contributed by atoms with Crippen molar-refractivity contribution in [2.45, 2.75) is 37.3 Å². The van der Waals surface area contributed by atoms with E-state index in [-0.39, 0.29) is 18.4 Å². The number of esters is 1. The molecule has 0 saturated carbocycles. The van der Waals surface area contributed by atoms with E-state index in [4.69, 9.17) is 9.47 Å². The first-order chi connectivity index (χ1) is 18.1. The molecule has 0 bridgehead atoms. The summed E-state index contributed by atoms with van der Waals surface area (Å²) in [4.78, 5) is 40.2. The molecule has 3 aromatic rings.